The van der Waals surface area contributed by atoms with E-state index in [1.807, 2.05) is 27.8 Å². The molecule has 7 nitrogen and oxygen atoms in total. The zero-order valence-corrected chi connectivity index (χ0v) is 27.0. The van der Waals surface area contributed by atoms with Gasteiger partial charge in [0.1, 0.15) is 0 Å². The number of unbranched alkanes of at least 4 members (excludes halogenated alkanes) is 14. The van der Waals surface area contributed by atoms with Gasteiger partial charge >= 0.3 is 0 Å². The maximum absolute atomic E-state index is 12.4. The Labute approximate surface area is 247 Å². The molecule has 0 rings (SSSR count). The number of carbonyl (C=O) groups is 3. The van der Waals surface area contributed by atoms with E-state index in [2.05, 4.69) is 22.9 Å². The quantitative estimate of drug-likeness (QED) is 0.0840. The fourth-order valence-electron chi connectivity index (χ4n) is 4.99. The van der Waals surface area contributed by atoms with Crippen molar-refractivity contribution < 1.29 is 14.4 Å². The minimum absolute atomic E-state index is 0.123. The lowest BCUT2D eigenvalue weighted by Crippen LogP contribution is -2.42. The molecule has 0 bridgehead atoms. The summed E-state index contributed by atoms with van der Waals surface area (Å²) in [6, 6.07) is -0.665. The van der Waals surface area contributed by atoms with Crippen LogP contribution in [0.15, 0.2) is 0 Å². The van der Waals surface area contributed by atoms with Crippen molar-refractivity contribution in [1.29, 1.82) is 0 Å². The van der Waals surface area contributed by atoms with E-state index in [1.165, 1.54) is 70.6 Å². The highest BCUT2D eigenvalue weighted by molar-refractivity contribution is 5.88. The number of nitrogens with two attached hydrogens (primary N) is 1. The molecule has 0 aromatic heterocycles. The van der Waals surface area contributed by atoms with Crippen LogP contribution in [-0.4, -0.2) is 49.8 Å². The first-order valence-electron chi connectivity index (χ1n) is 16.6. The average molecular weight is 567 g/mol. The highest BCUT2D eigenvalue weighted by Gasteiger charge is 2.28. The van der Waals surface area contributed by atoms with Gasteiger partial charge in [0, 0.05) is 24.9 Å². The molecule has 0 spiro atoms. The molecule has 7 heteroatoms. The number of ketones is 1. The summed E-state index contributed by atoms with van der Waals surface area (Å²) in [5, 5.41) is 9.02. The first kappa shape index (κ1) is 38.5. The van der Waals surface area contributed by atoms with Gasteiger partial charge in [0.2, 0.25) is 11.8 Å². The molecule has 5 N–H and O–H groups in total. The van der Waals surface area contributed by atoms with Gasteiger partial charge in [0.05, 0.1) is 12.1 Å². The molecule has 2 unspecified atom stereocenters. The van der Waals surface area contributed by atoms with Crippen LogP contribution >= 0.6 is 0 Å². The van der Waals surface area contributed by atoms with Crippen molar-refractivity contribution >= 4 is 17.6 Å². The lowest BCUT2D eigenvalue weighted by Gasteiger charge is -2.24. The van der Waals surface area contributed by atoms with Crippen LogP contribution in [0.25, 0.3) is 0 Å². The summed E-state index contributed by atoms with van der Waals surface area (Å²) < 4.78 is 0. The standard InChI is InChI=1S/C33H66N4O3/c1-6-7-8-9-10-11-12-13-14-15-16-17-18-25-30(38)36-26-21-19-23-28(34)32(40)37-27-22-20-24-29(35-5)31(39)33(2,3)4/h28-29,35H,6-27,34H2,1-5H3,(H,36,38)(H,37,40). The fraction of sp³-hybridized carbons (Fsp3) is 0.909. The van der Waals surface area contributed by atoms with Crippen molar-refractivity contribution in [3.8, 4) is 0 Å². The van der Waals surface area contributed by atoms with E-state index in [0.717, 1.165) is 44.9 Å². The number of likely N-dealkylation sites (N-methyl/N-ethyl adjacent to an activating group) is 1. The lowest BCUT2D eigenvalue weighted by molar-refractivity contribution is -0.128. The normalized spacial score (nSPS) is 13.2. The number of hydrogen-bond donors (Lipinski definition) is 4. The molecule has 0 saturated carbocycles. The van der Waals surface area contributed by atoms with E-state index in [-0.39, 0.29) is 29.1 Å². The van der Waals surface area contributed by atoms with Crippen LogP contribution in [-0.2, 0) is 14.4 Å². The largest absolute Gasteiger partial charge is 0.356 e. The van der Waals surface area contributed by atoms with Crippen molar-refractivity contribution in [2.24, 2.45) is 11.1 Å². The van der Waals surface area contributed by atoms with Crippen molar-refractivity contribution in [2.75, 3.05) is 20.1 Å². The van der Waals surface area contributed by atoms with Gasteiger partial charge in [-0.2, -0.15) is 0 Å². The summed E-state index contributed by atoms with van der Waals surface area (Å²) in [5.41, 5.74) is 5.68. The van der Waals surface area contributed by atoms with Crippen LogP contribution in [0.5, 0.6) is 0 Å². The summed E-state index contributed by atoms with van der Waals surface area (Å²) in [7, 11) is 1.82. The third-order valence-corrected chi connectivity index (χ3v) is 7.73. The lowest BCUT2D eigenvalue weighted by atomic mass is 9.85. The van der Waals surface area contributed by atoms with Crippen LogP contribution in [0.4, 0.5) is 0 Å². The number of amides is 2. The Kier molecular flexibility index (Phi) is 24.3. The second-order valence-corrected chi connectivity index (χ2v) is 12.7. The summed E-state index contributed by atoms with van der Waals surface area (Å²) in [6.07, 6.45) is 22.3. The molecule has 2 atom stereocenters. The predicted octanol–water partition coefficient (Wildman–Crippen LogP) is 6.57. The molecular formula is C33H66N4O3. The molecular weight excluding hydrogens is 500 g/mol. The van der Waals surface area contributed by atoms with Crippen LogP contribution in [0, 0.1) is 5.41 Å². The summed E-state index contributed by atoms with van der Waals surface area (Å²) in [4.78, 5) is 36.7. The minimum Gasteiger partial charge on any atom is -0.356 e. The molecule has 40 heavy (non-hydrogen) atoms. The zero-order valence-electron chi connectivity index (χ0n) is 27.0. The second-order valence-electron chi connectivity index (χ2n) is 12.7. The summed E-state index contributed by atoms with van der Waals surface area (Å²) >= 11 is 0. The van der Waals surface area contributed by atoms with E-state index in [9.17, 15) is 14.4 Å². The van der Waals surface area contributed by atoms with E-state index in [1.54, 1.807) is 0 Å². The molecule has 0 aliphatic heterocycles. The number of nitrogens with one attached hydrogen (secondary N) is 3. The minimum atomic E-state index is -0.519. The van der Waals surface area contributed by atoms with Gasteiger partial charge < -0.3 is 21.7 Å². The monoisotopic (exact) mass is 567 g/mol. The van der Waals surface area contributed by atoms with E-state index in [0.29, 0.717) is 25.9 Å². The maximum Gasteiger partial charge on any atom is 0.236 e. The molecule has 2 amide bonds. The first-order chi connectivity index (χ1) is 19.1. The maximum atomic E-state index is 12.4. The Bertz CT molecular complexity index is 648. The number of rotatable bonds is 27. The SMILES string of the molecule is CCCCCCCCCCCCCCCC(=O)NCCCCC(N)C(=O)NCCCCC(NC)C(=O)C(C)(C)C. The van der Waals surface area contributed by atoms with E-state index < -0.39 is 6.04 Å². The van der Waals surface area contributed by atoms with Gasteiger partial charge in [-0.15, -0.1) is 0 Å². The third kappa shape index (κ3) is 22.2. The third-order valence-electron chi connectivity index (χ3n) is 7.73. The van der Waals surface area contributed by atoms with E-state index in [4.69, 9.17) is 5.73 Å². The molecule has 0 aliphatic rings. The Balaban J connectivity index is 3.61. The molecule has 236 valence electrons. The van der Waals surface area contributed by atoms with E-state index >= 15 is 0 Å². The molecule has 0 aromatic carbocycles. The molecule has 0 radical (unpaired) electrons. The van der Waals surface area contributed by atoms with Gasteiger partial charge in [0.15, 0.2) is 5.78 Å². The van der Waals surface area contributed by atoms with Gasteiger partial charge in [-0.25, -0.2) is 0 Å². The molecule has 0 saturated heterocycles. The van der Waals surface area contributed by atoms with Crippen LogP contribution in [0.2, 0.25) is 0 Å². The number of hydrogen-bond acceptors (Lipinski definition) is 5. The Morgan fingerprint density at radius 3 is 1.62 bits per heavy atom. The van der Waals surface area contributed by atoms with Crippen molar-refractivity contribution in [3.05, 3.63) is 0 Å². The van der Waals surface area contributed by atoms with Gasteiger partial charge in [-0.3, -0.25) is 14.4 Å². The smallest absolute Gasteiger partial charge is 0.236 e. The van der Waals surface area contributed by atoms with Crippen LogP contribution in [0.3, 0.4) is 0 Å². The number of Topliss-reactive ketones (excluding diaryl/α,β-unsaturated/α-hetero) is 1. The fourth-order valence-corrected chi connectivity index (χ4v) is 4.99. The van der Waals surface area contributed by atoms with Gasteiger partial charge in [0.25, 0.3) is 0 Å². The topological polar surface area (TPSA) is 113 Å². The van der Waals surface area contributed by atoms with Crippen LogP contribution < -0.4 is 21.7 Å². The second kappa shape index (κ2) is 25.3. The zero-order chi connectivity index (χ0) is 30.1. The Hall–Kier alpha value is -1.47. The Morgan fingerprint density at radius 1 is 0.650 bits per heavy atom. The highest BCUT2D eigenvalue weighted by atomic mass is 16.2. The first-order valence-corrected chi connectivity index (χ1v) is 16.6. The summed E-state index contributed by atoms with van der Waals surface area (Å²) in [5.74, 6) is 0.231. The number of carbonyl (C=O) groups excluding carboxylic acids is 3. The van der Waals surface area contributed by atoms with Crippen molar-refractivity contribution in [3.63, 3.8) is 0 Å². The molecule has 0 aliphatic carbocycles. The molecule has 0 fully saturated rings. The van der Waals surface area contributed by atoms with Crippen molar-refractivity contribution in [1.82, 2.24) is 16.0 Å². The molecule has 0 aromatic rings. The van der Waals surface area contributed by atoms with Crippen LogP contribution in [0.1, 0.15) is 156 Å². The molecule has 0 heterocycles. The summed E-state index contributed by atoms with van der Waals surface area (Å²) in [6.45, 7) is 9.30. The van der Waals surface area contributed by atoms with Gasteiger partial charge in [-0.1, -0.05) is 105 Å². The Morgan fingerprint density at radius 2 is 1.12 bits per heavy atom. The highest BCUT2D eigenvalue weighted by Crippen LogP contribution is 2.19. The average Bonchev–Trinajstić information content (AvgIpc) is 2.91. The predicted molar refractivity (Wildman–Crippen MR) is 169 cm³/mol. The van der Waals surface area contributed by atoms with Crippen molar-refractivity contribution in [2.45, 2.75) is 168 Å². The van der Waals surface area contributed by atoms with Gasteiger partial charge in [-0.05, 0) is 52.0 Å².